The van der Waals surface area contributed by atoms with Gasteiger partial charge in [-0.1, -0.05) is 11.6 Å². The van der Waals surface area contributed by atoms with E-state index in [1.165, 1.54) is 0 Å². The summed E-state index contributed by atoms with van der Waals surface area (Å²) in [4.78, 5) is 27.9. The van der Waals surface area contributed by atoms with Crippen LogP contribution in [0.3, 0.4) is 0 Å². The van der Waals surface area contributed by atoms with Crippen LogP contribution in [0.15, 0.2) is 47.9 Å². The molecule has 1 aliphatic heterocycles. The predicted molar refractivity (Wildman–Crippen MR) is 150 cm³/mol. The smallest absolute Gasteiger partial charge is 0.410 e. The van der Waals surface area contributed by atoms with Crippen molar-refractivity contribution in [1.82, 2.24) is 25.2 Å². The normalized spacial score (nSPS) is 14.2. The third-order valence-electron chi connectivity index (χ3n) is 5.73. The summed E-state index contributed by atoms with van der Waals surface area (Å²) < 4.78 is 5.52. The highest BCUT2D eigenvalue weighted by Crippen LogP contribution is 2.29. The third-order valence-corrected chi connectivity index (χ3v) is 5.73. The molecule has 0 radical (unpaired) electrons. The number of likely N-dealkylation sites (tertiary alicyclic amines) is 1. The van der Waals surface area contributed by atoms with E-state index in [0.717, 1.165) is 52.7 Å². The molecule has 0 saturated carbocycles. The van der Waals surface area contributed by atoms with Crippen molar-refractivity contribution in [2.45, 2.75) is 65.9 Å². The molecule has 3 rings (SSSR count). The summed E-state index contributed by atoms with van der Waals surface area (Å²) in [6, 6.07) is 6.07. The summed E-state index contributed by atoms with van der Waals surface area (Å²) in [5.74, 6) is 1.09. The summed E-state index contributed by atoms with van der Waals surface area (Å²) in [6.45, 7) is 15.6. The first-order valence-electron chi connectivity index (χ1n) is 12.5. The maximum Gasteiger partial charge on any atom is 0.410 e. The molecule has 37 heavy (non-hydrogen) atoms. The van der Waals surface area contributed by atoms with Gasteiger partial charge >= 0.3 is 6.09 Å². The van der Waals surface area contributed by atoms with Crippen molar-refractivity contribution < 1.29 is 9.53 Å². The standard InChI is InChI=1S/C27H38N6O2.CH3N/c1-18(2)22(15-23(28-7)24-17-29-16-19(3)30-24)32-25-10-8-9-21(31-25)20-11-13-33(14-12-20)26(34)35-27(4,5)6;1-2/h8-10,15-17,20,28H,11-14H2,1-7H3,(H,31,32);2H,1H2/b23-15-;. The van der Waals surface area contributed by atoms with E-state index in [9.17, 15) is 4.79 Å². The number of pyridine rings is 1. The molecule has 9 heteroatoms. The van der Waals surface area contributed by atoms with E-state index in [4.69, 9.17) is 15.1 Å². The molecule has 2 aromatic rings. The van der Waals surface area contributed by atoms with Gasteiger partial charge in [-0.15, -0.1) is 0 Å². The minimum absolute atomic E-state index is 0.238. The fraction of sp³-hybridized carbons (Fsp3) is 0.464. The molecule has 200 valence electrons. The summed E-state index contributed by atoms with van der Waals surface area (Å²) in [5.41, 5.74) is 5.14. The van der Waals surface area contributed by atoms with E-state index in [2.05, 4.69) is 47.2 Å². The Hall–Kier alpha value is -3.75. The molecule has 1 saturated heterocycles. The maximum atomic E-state index is 12.4. The van der Waals surface area contributed by atoms with Crippen molar-refractivity contribution in [2.75, 3.05) is 25.5 Å². The number of ether oxygens (including phenoxy) is 1. The molecule has 0 atom stereocenters. The van der Waals surface area contributed by atoms with Gasteiger partial charge in [0.05, 0.1) is 17.6 Å². The second-order valence-corrected chi connectivity index (χ2v) is 10.1. The summed E-state index contributed by atoms with van der Waals surface area (Å²) in [5, 5.41) is 12.2. The number of nitrogens with one attached hydrogen (secondary N) is 3. The molecular formula is C28H41N7O2. The number of piperidine rings is 1. The minimum Gasteiger partial charge on any atom is -0.444 e. The number of carbonyl (C=O) groups excluding carboxylic acids is 1. The number of amides is 1. The first-order valence-corrected chi connectivity index (χ1v) is 12.5. The van der Waals surface area contributed by atoms with Crippen molar-refractivity contribution in [3.05, 3.63) is 65.0 Å². The molecule has 9 nitrogen and oxygen atoms in total. The summed E-state index contributed by atoms with van der Waals surface area (Å²) >= 11 is 0. The molecule has 2 aromatic heterocycles. The van der Waals surface area contributed by atoms with Gasteiger partial charge in [-0.05, 0) is 79.3 Å². The Balaban J connectivity index is 0.00000235. The Bertz CT molecular complexity index is 1110. The average molecular weight is 508 g/mol. The van der Waals surface area contributed by atoms with Gasteiger partial charge in [-0.25, -0.2) is 14.8 Å². The van der Waals surface area contributed by atoms with E-state index in [1.807, 2.05) is 53.0 Å². The first-order chi connectivity index (χ1) is 17.6. The van der Waals surface area contributed by atoms with E-state index < -0.39 is 5.60 Å². The number of aromatic nitrogens is 3. The van der Waals surface area contributed by atoms with Crippen molar-refractivity contribution in [2.24, 2.45) is 0 Å². The van der Waals surface area contributed by atoms with Gasteiger partial charge in [0.15, 0.2) is 0 Å². The molecule has 0 spiro atoms. The molecule has 0 bridgehead atoms. The second kappa shape index (κ2) is 13.5. The van der Waals surface area contributed by atoms with E-state index in [1.54, 1.807) is 17.3 Å². The van der Waals surface area contributed by atoms with Crippen molar-refractivity contribution in [3.8, 4) is 0 Å². The number of anilines is 1. The molecule has 3 heterocycles. The van der Waals surface area contributed by atoms with Gasteiger partial charge in [0, 0.05) is 43.6 Å². The molecule has 3 N–H and O–H groups in total. The second-order valence-electron chi connectivity index (χ2n) is 10.1. The zero-order valence-corrected chi connectivity index (χ0v) is 23.2. The van der Waals surface area contributed by atoms with Gasteiger partial charge in [0.1, 0.15) is 17.1 Å². The monoisotopic (exact) mass is 507 g/mol. The fourth-order valence-corrected chi connectivity index (χ4v) is 3.89. The Morgan fingerprint density at radius 2 is 1.84 bits per heavy atom. The minimum atomic E-state index is -0.481. The lowest BCUT2D eigenvalue weighted by Gasteiger charge is -2.33. The van der Waals surface area contributed by atoms with Crippen LogP contribution in [0.1, 0.15) is 70.5 Å². The molecule has 1 amide bonds. The molecule has 0 unspecified atom stereocenters. The van der Waals surface area contributed by atoms with Gasteiger partial charge < -0.3 is 25.7 Å². The van der Waals surface area contributed by atoms with Crippen LogP contribution in [-0.2, 0) is 4.74 Å². The molecule has 1 fully saturated rings. The van der Waals surface area contributed by atoms with Crippen LogP contribution in [0.4, 0.5) is 10.6 Å². The van der Waals surface area contributed by atoms with Crippen LogP contribution in [0, 0.1) is 12.3 Å². The highest BCUT2D eigenvalue weighted by atomic mass is 16.6. The summed E-state index contributed by atoms with van der Waals surface area (Å²) in [6.07, 6.45) is 7.01. The average Bonchev–Trinajstić information content (AvgIpc) is 2.87. The van der Waals surface area contributed by atoms with Crippen LogP contribution in [0.25, 0.3) is 5.70 Å². The van der Waals surface area contributed by atoms with Crippen LogP contribution < -0.4 is 10.6 Å². The zero-order chi connectivity index (χ0) is 27.6. The third kappa shape index (κ3) is 9.00. The number of allylic oxidation sites excluding steroid dienone is 2. The van der Waals surface area contributed by atoms with Gasteiger partial charge in [0.2, 0.25) is 0 Å². The SMILES string of the molecule is C=N.CN/C(=C\C(Nc1cccc(C2CCN(C(=O)OC(C)(C)C)CC2)n1)=C(C)C)c1cncc(C)n1. The van der Waals surface area contributed by atoms with Gasteiger partial charge in [-0.3, -0.25) is 4.98 Å². The lowest BCUT2D eigenvalue weighted by atomic mass is 9.93. The van der Waals surface area contributed by atoms with Crippen molar-refractivity contribution in [1.29, 1.82) is 5.41 Å². The quantitative estimate of drug-likeness (QED) is 0.348. The van der Waals surface area contributed by atoms with E-state index in [0.29, 0.717) is 19.0 Å². The zero-order valence-electron chi connectivity index (χ0n) is 23.2. The predicted octanol–water partition coefficient (Wildman–Crippen LogP) is 5.53. The summed E-state index contributed by atoms with van der Waals surface area (Å²) in [7, 11) is 1.88. The number of hydrogen-bond donors (Lipinski definition) is 3. The van der Waals surface area contributed by atoms with Gasteiger partial charge in [0.25, 0.3) is 0 Å². The lowest BCUT2D eigenvalue weighted by Crippen LogP contribution is -2.41. The van der Waals surface area contributed by atoms with E-state index in [-0.39, 0.29) is 6.09 Å². The maximum absolute atomic E-state index is 12.4. The largest absolute Gasteiger partial charge is 0.444 e. The van der Waals surface area contributed by atoms with Crippen molar-refractivity contribution in [3.63, 3.8) is 0 Å². The Morgan fingerprint density at radius 3 is 2.41 bits per heavy atom. The highest BCUT2D eigenvalue weighted by Gasteiger charge is 2.28. The fourth-order valence-electron chi connectivity index (χ4n) is 3.89. The van der Waals surface area contributed by atoms with E-state index >= 15 is 0 Å². The Morgan fingerprint density at radius 1 is 1.16 bits per heavy atom. The van der Waals surface area contributed by atoms with Crippen LogP contribution >= 0.6 is 0 Å². The Kier molecular flexibility index (Phi) is 10.8. The van der Waals surface area contributed by atoms with Crippen molar-refractivity contribution >= 4 is 24.3 Å². The number of rotatable bonds is 6. The molecular weight excluding hydrogens is 466 g/mol. The first kappa shape index (κ1) is 29.5. The number of nitrogens with zero attached hydrogens (tertiary/aromatic N) is 4. The number of carbonyl (C=O) groups is 1. The van der Waals surface area contributed by atoms with Crippen LogP contribution in [0.2, 0.25) is 0 Å². The highest BCUT2D eigenvalue weighted by molar-refractivity contribution is 5.68. The number of hydrogen-bond acceptors (Lipinski definition) is 8. The van der Waals surface area contributed by atoms with Crippen LogP contribution in [0.5, 0.6) is 0 Å². The molecule has 0 aromatic carbocycles. The van der Waals surface area contributed by atoms with Crippen LogP contribution in [-0.4, -0.2) is 58.4 Å². The van der Waals surface area contributed by atoms with Gasteiger partial charge in [-0.2, -0.15) is 0 Å². The number of aryl methyl sites for hydroxylation is 1. The topological polar surface area (TPSA) is 116 Å². The molecule has 1 aliphatic rings. The lowest BCUT2D eigenvalue weighted by molar-refractivity contribution is 0.0204. The molecule has 0 aliphatic carbocycles. The Labute approximate surface area is 221 Å².